The molecule has 0 aromatic rings. The Morgan fingerprint density at radius 3 is 2.00 bits per heavy atom. The number of hydrogen-bond acceptors (Lipinski definition) is 4. The van der Waals surface area contributed by atoms with Crippen LogP contribution in [0.1, 0.15) is 20.8 Å². The molecule has 0 aliphatic heterocycles. The highest BCUT2D eigenvalue weighted by atomic mass is 19.3. The minimum atomic E-state index is -3.15. The van der Waals surface area contributed by atoms with E-state index in [2.05, 4.69) is 4.74 Å². The van der Waals surface area contributed by atoms with Crippen molar-refractivity contribution in [3.63, 3.8) is 0 Å². The van der Waals surface area contributed by atoms with E-state index in [1.807, 2.05) is 0 Å². The molecule has 0 fully saturated rings. The molecule has 0 radical (unpaired) electrons. The molecular weight excluding hydrogens is 210 g/mol. The maximum absolute atomic E-state index is 12.1. The normalized spacial score (nSPS) is 15.2. The predicted octanol–water partition coefficient (Wildman–Crippen LogP) is 0.769. The Kier molecular flexibility index (Phi) is 5.35. The molecule has 88 valence electrons. The number of carbonyl (C=O) groups is 2. The van der Waals surface area contributed by atoms with Crippen molar-refractivity contribution in [2.45, 2.75) is 39.4 Å². The summed E-state index contributed by atoms with van der Waals surface area (Å²) in [4.78, 5) is 22.1. The third kappa shape index (κ3) is 4.33. The van der Waals surface area contributed by atoms with Crippen LogP contribution in [0.15, 0.2) is 0 Å². The standard InChI is InChI=1S/C9H14F2O4/c1-4(2)15-9(14)6(5(3)12)7(13)8(10)11/h4,6-8,13H,1-3H3. The topological polar surface area (TPSA) is 63.6 Å². The summed E-state index contributed by atoms with van der Waals surface area (Å²) in [6.07, 6.45) is -5.99. The van der Waals surface area contributed by atoms with Gasteiger partial charge in [0.2, 0.25) is 0 Å². The van der Waals surface area contributed by atoms with Gasteiger partial charge in [-0.15, -0.1) is 0 Å². The SMILES string of the molecule is CC(=O)C(C(=O)OC(C)C)C(O)C(F)F. The molecule has 2 atom stereocenters. The van der Waals surface area contributed by atoms with Crippen LogP contribution in [0.5, 0.6) is 0 Å². The summed E-state index contributed by atoms with van der Waals surface area (Å²) in [6, 6.07) is 0. The zero-order valence-electron chi connectivity index (χ0n) is 8.74. The van der Waals surface area contributed by atoms with Gasteiger partial charge in [0.1, 0.15) is 17.8 Å². The lowest BCUT2D eigenvalue weighted by molar-refractivity contribution is -0.164. The molecule has 0 spiro atoms. The summed E-state index contributed by atoms with van der Waals surface area (Å²) in [5, 5.41) is 8.97. The van der Waals surface area contributed by atoms with Gasteiger partial charge in [-0.25, -0.2) is 8.78 Å². The second-order valence-corrected chi connectivity index (χ2v) is 3.40. The maximum Gasteiger partial charge on any atom is 0.319 e. The number of aliphatic hydroxyl groups excluding tert-OH is 1. The summed E-state index contributed by atoms with van der Waals surface area (Å²) < 4.78 is 28.8. The molecule has 0 rings (SSSR count). The molecule has 4 nitrogen and oxygen atoms in total. The molecule has 0 bridgehead atoms. The van der Waals surface area contributed by atoms with Crippen LogP contribution in [0.3, 0.4) is 0 Å². The fraction of sp³-hybridized carbons (Fsp3) is 0.778. The van der Waals surface area contributed by atoms with Gasteiger partial charge in [0.25, 0.3) is 6.43 Å². The first-order valence-corrected chi connectivity index (χ1v) is 4.44. The Bertz CT molecular complexity index is 240. The van der Waals surface area contributed by atoms with E-state index in [1.165, 1.54) is 13.8 Å². The van der Waals surface area contributed by atoms with Crippen molar-refractivity contribution < 1.29 is 28.2 Å². The maximum atomic E-state index is 12.1. The van der Waals surface area contributed by atoms with Gasteiger partial charge in [0, 0.05) is 0 Å². The van der Waals surface area contributed by atoms with Gasteiger partial charge in [0.05, 0.1) is 6.10 Å². The van der Waals surface area contributed by atoms with E-state index in [4.69, 9.17) is 5.11 Å². The van der Waals surface area contributed by atoms with Crippen LogP contribution in [0.4, 0.5) is 8.78 Å². The van der Waals surface area contributed by atoms with E-state index >= 15 is 0 Å². The molecule has 0 amide bonds. The minimum absolute atomic E-state index is 0.524. The third-order valence-corrected chi connectivity index (χ3v) is 1.64. The Morgan fingerprint density at radius 1 is 1.27 bits per heavy atom. The van der Waals surface area contributed by atoms with Gasteiger partial charge in [-0.2, -0.15) is 0 Å². The zero-order valence-corrected chi connectivity index (χ0v) is 8.74. The third-order valence-electron chi connectivity index (χ3n) is 1.64. The van der Waals surface area contributed by atoms with E-state index in [0.29, 0.717) is 0 Å². The highest BCUT2D eigenvalue weighted by Gasteiger charge is 2.38. The molecule has 0 heterocycles. The first kappa shape index (κ1) is 14.0. The Hall–Kier alpha value is -1.04. The molecule has 15 heavy (non-hydrogen) atoms. The average molecular weight is 224 g/mol. The van der Waals surface area contributed by atoms with Crippen LogP contribution < -0.4 is 0 Å². The molecule has 0 saturated carbocycles. The molecule has 6 heteroatoms. The fourth-order valence-corrected chi connectivity index (χ4v) is 0.997. The van der Waals surface area contributed by atoms with Crippen molar-refractivity contribution in [1.29, 1.82) is 0 Å². The molecular formula is C9H14F2O4. The van der Waals surface area contributed by atoms with E-state index in [0.717, 1.165) is 6.92 Å². The second kappa shape index (κ2) is 5.75. The van der Waals surface area contributed by atoms with Gasteiger partial charge in [-0.1, -0.05) is 0 Å². The van der Waals surface area contributed by atoms with Crippen molar-refractivity contribution in [2.24, 2.45) is 5.92 Å². The lowest BCUT2D eigenvalue weighted by Crippen LogP contribution is -2.40. The van der Waals surface area contributed by atoms with Crippen molar-refractivity contribution in [1.82, 2.24) is 0 Å². The Balaban J connectivity index is 4.67. The lowest BCUT2D eigenvalue weighted by atomic mass is 9.98. The van der Waals surface area contributed by atoms with Gasteiger partial charge < -0.3 is 9.84 Å². The van der Waals surface area contributed by atoms with Crippen LogP contribution in [0.25, 0.3) is 0 Å². The van der Waals surface area contributed by atoms with E-state index in [9.17, 15) is 18.4 Å². The molecule has 2 unspecified atom stereocenters. The zero-order chi connectivity index (χ0) is 12.2. The molecule has 0 aliphatic rings. The predicted molar refractivity (Wildman–Crippen MR) is 47.4 cm³/mol. The molecule has 0 aliphatic carbocycles. The monoisotopic (exact) mass is 224 g/mol. The van der Waals surface area contributed by atoms with Crippen LogP contribution in [-0.4, -0.2) is 35.5 Å². The smallest absolute Gasteiger partial charge is 0.319 e. The molecule has 1 N–H and O–H groups in total. The second-order valence-electron chi connectivity index (χ2n) is 3.40. The van der Waals surface area contributed by atoms with Gasteiger partial charge in [0.15, 0.2) is 0 Å². The number of ketones is 1. The van der Waals surface area contributed by atoms with E-state index < -0.39 is 36.3 Å². The first-order chi connectivity index (χ1) is 6.77. The number of ether oxygens (including phenoxy) is 1. The number of rotatable bonds is 5. The van der Waals surface area contributed by atoms with Crippen LogP contribution in [0.2, 0.25) is 0 Å². The van der Waals surface area contributed by atoms with E-state index in [1.54, 1.807) is 0 Å². The Morgan fingerprint density at radius 2 is 1.73 bits per heavy atom. The number of esters is 1. The Labute approximate surface area is 86.2 Å². The van der Waals surface area contributed by atoms with Gasteiger partial charge >= 0.3 is 5.97 Å². The number of Topliss-reactive ketones (excluding diaryl/α,β-unsaturated/α-hetero) is 1. The number of halogens is 2. The summed E-state index contributed by atoms with van der Waals surface area (Å²) in [6.45, 7) is 3.99. The number of alkyl halides is 2. The van der Waals surface area contributed by atoms with Crippen LogP contribution in [0, 0.1) is 5.92 Å². The first-order valence-electron chi connectivity index (χ1n) is 4.44. The van der Waals surface area contributed by atoms with E-state index in [-0.39, 0.29) is 0 Å². The highest BCUT2D eigenvalue weighted by Crippen LogP contribution is 2.15. The number of carbonyl (C=O) groups excluding carboxylic acids is 2. The van der Waals surface area contributed by atoms with Crippen molar-refractivity contribution in [3.05, 3.63) is 0 Å². The van der Waals surface area contributed by atoms with Crippen LogP contribution >= 0.6 is 0 Å². The van der Waals surface area contributed by atoms with Crippen molar-refractivity contribution >= 4 is 11.8 Å². The van der Waals surface area contributed by atoms with Gasteiger partial charge in [-0.05, 0) is 20.8 Å². The van der Waals surface area contributed by atoms with Crippen molar-refractivity contribution in [3.8, 4) is 0 Å². The largest absolute Gasteiger partial charge is 0.462 e. The summed E-state index contributed by atoms with van der Waals surface area (Å²) in [7, 11) is 0. The summed E-state index contributed by atoms with van der Waals surface area (Å²) >= 11 is 0. The lowest BCUT2D eigenvalue weighted by Gasteiger charge is -2.19. The molecule has 0 aromatic carbocycles. The number of aliphatic hydroxyl groups is 1. The average Bonchev–Trinajstić information content (AvgIpc) is 2.01. The van der Waals surface area contributed by atoms with Gasteiger partial charge in [-0.3, -0.25) is 9.59 Å². The van der Waals surface area contributed by atoms with Crippen LogP contribution in [-0.2, 0) is 14.3 Å². The number of hydrogen-bond donors (Lipinski definition) is 1. The summed E-state index contributed by atoms with van der Waals surface area (Å²) in [5.74, 6) is -3.77. The molecule has 0 saturated heterocycles. The minimum Gasteiger partial charge on any atom is -0.462 e. The fourth-order valence-electron chi connectivity index (χ4n) is 0.997. The highest BCUT2D eigenvalue weighted by molar-refractivity contribution is 5.98. The molecule has 0 aromatic heterocycles. The van der Waals surface area contributed by atoms with Crippen molar-refractivity contribution in [2.75, 3.05) is 0 Å². The quantitative estimate of drug-likeness (QED) is 0.553. The summed E-state index contributed by atoms with van der Waals surface area (Å²) in [5.41, 5.74) is 0.